The number of aliphatic hydroxyl groups is 1. The van der Waals surface area contributed by atoms with Crippen LogP contribution in [0.5, 0.6) is 0 Å². The van der Waals surface area contributed by atoms with E-state index in [0.29, 0.717) is 11.6 Å². The zero-order valence-corrected chi connectivity index (χ0v) is 14.0. The molecule has 0 amide bonds. The number of benzene rings is 2. The highest BCUT2D eigenvalue weighted by molar-refractivity contribution is 5.96. The van der Waals surface area contributed by atoms with Gasteiger partial charge in [-0.15, -0.1) is 0 Å². The molecular weight excluding hydrogens is 312 g/mol. The Labute approximate surface area is 146 Å². The number of rotatable bonds is 3. The molecule has 0 bridgehead atoms. The molecule has 1 saturated heterocycles. The molecule has 0 radical (unpaired) electrons. The zero-order chi connectivity index (χ0) is 17.2. The first-order valence-electron chi connectivity index (χ1n) is 8.63. The molecule has 2 aromatic carbocycles. The fourth-order valence-corrected chi connectivity index (χ4v) is 3.65. The Morgan fingerprint density at radius 2 is 2.00 bits per heavy atom. The van der Waals surface area contributed by atoms with Crippen molar-refractivity contribution in [2.24, 2.45) is 0 Å². The lowest BCUT2D eigenvalue weighted by atomic mass is 10.0. The van der Waals surface area contributed by atoms with Gasteiger partial charge in [-0.25, -0.2) is 0 Å². The summed E-state index contributed by atoms with van der Waals surface area (Å²) < 4.78 is 7.84. The summed E-state index contributed by atoms with van der Waals surface area (Å²) in [7, 11) is 0. The topological polar surface area (TPSA) is 58.2 Å². The van der Waals surface area contributed by atoms with Gasteiger partial charge in [0.05, 0.1) is 18.2 Å². The van der Waals surface area contributed by atoms with Gasteiger partial charge in [-0.05, 0) is 42.2 Å². The number of nitriles is 1. The molecule has 1 N–H and O–H groups in total. The quantitative estimate of drug-likeness (QED) is 0.788. The van der Waals surface area contributed by atoms with Crippen molar-refractivity contribution < 1.29 is 9.84 Å². The van der Waals surface area contributed by atoms with Crippen molar-refractivity contribution in [1.29, 1.82) is 5.26 Å². The van der Waals surface area contributed by atoms with Gasteiger partial charge >= 0.3 is 0 Å². The average molecular weight is 332 g/mol. The summed E-state index contributed by atoms with van der Waals surface area (Å²) in [5, 5.41) is 19.9. The van der Waals surface area contributed by atoms with Crippen LogP contribution >= 0.6 is 0 Å². The summed E-state index contributed by atoms with van der Waals surface area (Å²) in [6, 6.07) is 16.5. The van der Waals surface area contributed by atoms with E-state index in [1.807, 2.05) is 30.3 Å². The lowest BCUT2D eigenvalue weighted by Gasteiger charge is -2.24. The van der Waals surface area contributed by atoms with Gasteiger partial charge in [0.25, 0.3) is 0 Å². The van der Waals surface area contributed by atoms with Crippen molar-refractivity contribution in [1.82, 2.24) is 4.57 Å². The van der Waals surface area contributed by atoms with Crippen molar-refractivity contribution >= 4 is 10.9 Å². The monoisotopic (exact) mass is 332 g/mol. The summed E-state index contributed by atoms with van der Waals surface area (Å²) in [6.45, 7) is 1.60. The van der Waals surface area contributed by atoms with Crippen molar-refractivity contribution in [3.63, 3.8) is 0 Å². The van der Waals surface area contributed by atoms with Crippen LogP contribution in [0.25, 0.3) is 22.0 Å². The fourth-order valence-electron chi connectivity index (χ4n) is 3.65. The van der Waals surface area contributed by atoms with Crippen LogP contribution in [0.2, 0.25) is 0 Å². The predicted molar refractivity (Wildman–Crippen MR) is 97.1 cm³/mol. The summed E-state index contributed by atoms with van der Waals surface area (Å²) in [4.78, 5) is 0. The molecule has 3 aromatic rings. The Kier molecular flexibility index (Phi) is 4.27. The molecule has 1 aliphatic heterocycles. The highest BCUT2D eigenvalue weighted by Gasteiger charge is 2.20. The summed E-state index contributed by atoms with van der Waals surface area (Å²) in [5.41, 5.74) is 4.89. The maximum atomic E-state index is 9.53. The van der Waals surface area contributed by atoms with E-state index < -0.39 is 0 Å². The molecule has 2 heterocycles. The van der Waals surface area contributed by atoms with E-state index >= 15 is 0 Å². The highest BCUT2D eigenvalue weighted by Crippen LogP contribution is 2.35. The van der Waals surface area contributed by atoms with E-state index in [9.17, 15) is 10.4 Å². The van der Waals surface area contributed by atoms with Crippen molar-refractivity contribution in [3.8, 4) is 17.2 Å². The van der Waals surface area contributed by atoms with Crippen molar-refractivity contribution in [2.75, 3.05) is 13.2 Å². The summed E-state index contributed by atoms with van der Waals surface area (Å²) in [5.74, 6) is 0. The van der Waals surface area contributed by atoms with Gasteiger partial charge in [-0.1, -0.05) is 24.3 Å². The van der Waals surface area contributed by atoms with E-state index in [0.717, 1.165) is 53.6 Å². The molecule has 1 aromatic heterocycles. The Balaban J connectivity index is 1.91. The van der Waals surface area contributed by atoms with Gasteiger partial charge < -0.3 is 14.4 Å². The second-order valence-electron chi connectivity index (χ2n) is 6.50. The van der Waals surface area contributed by atoms with Crippen LogP contribution in [0.4, 0.5) is 0 Å². The molecule has 0 aliphatic carbocycles. The van der Waals surface area contributed by atoms with Crippen LogP contribution in [-0.4, -0.2) is 22.9 Å². The number of fused-ring (bicyclic) bond motifs is 1. The second kappa shape index (κ2) is 6.72. The molecule has 1 fully saturated rings. The number of hydrogen-bond donors (Lipinski definition) is 1. The van der Waals surface area contributed by atoms with Gasteiger partial charge in [-0.3, -0.25) is 0 Å². The average Bonchev–Trinajstić information content (AvgIpc) is 3.07. The Hall–Kier alpha value is -2.61. The van der Waals surface area contributed by atoms with Gasteiger partial charge in [0.1, 0.15) is 0 Å². The van der Waals surface area contributed by atoms with E-state index in [-0.39, 0.29) is 6.61 Å². The number of aliphatic hydroxyl groups excluding tert-OH is 1. The largest absolute Gasteiger partial charge is 0.392 e. The molecule has 25 heavy (non-hydrogen) atoms. The molecule has 4 rings (SSSR count). The van der Waals surface area contributed by atoms with Crippen LogP contribution in [0.1, 0.15) is 30.0 Å². The van der Waals surface area contributed by atoms with E-state index in [2.05, 4.69) is 29.0 Å². The van der Waals surface area contributed by atoms with Crippen LogP contribution in [-0.2, 0) is 11.3 Å². The molecule has 126 valence electrons. The second-order valence-corrected chi connectivity index (χ2v) is 6.50. The third-order valence-electron chi connectivity index (χ3n) is 4.97. The van der Waals surface area contributed by atoms with Crippen LogP contribution < -0.4 is 0 Å². The number of hydrogen-bond acceptors (Lipinski definition) is 3. The smallest absolute Gasteiger partial charge is 0.0991 e. The number of ether oxygens (including phenoxy) is 1. The molecular formula is C21H20N2O2. The Morgan fingerprint density at radius 3 is 2.76 bits per heavy atom. The highest BCUT2D eigenvalue weighted by atomic mass is 16.5. The Morgan fingerprint density at radius 1 is 1.16 bits per heavy atom. The summed E-state index contributed by atoms with van der Waals surface area (Å²) >= 11 is 0. The Bertz CT molecular complexity index is 946. The maximum absolute atomic E-state index is 9.53. The maximum Gasteiger partial charge on any atom is 0.0991 e. The lowest BCUT2D eigenvalue weighted by molar-refractivity contribution is 0.0707. The molecule has 0 saturated carbocycles. The molecule has 0 unspecified atom stereocenters. The van der Waals surface area contributed by atoms with Crippen LogP contribution in [0.15, 0.2) is 48.7 Å². The predicted octanol–water partition coefficient (Wildman–Crippen LogP) is 4.02. The fraction of sp³-hybridized carbons (Fsp3) is 0.286. The third kappa shape index (κ3) is 2.93. The van der Waals surface area contributed by atoms with Crippen LogP contribution in [0, 0.1) is 11.3 Å². The minimum atomic E-state index is 0.0359. The summed E-state index contributed by atoms with van der Waals surface area (Å²) in [6.07, 6.45) is 4.17. The number of nitrogens with zero attached hydrogens (tertiary/aromatic N) is 2. The minimum Gasteiger partial charge on any atom is -0.392 e. The van der Waals surface area contributed by atoms with Gasteiger partial charge in [0.15, 0.2) is 0 Å². The molecule has 0 spiro atoms. The number of aromatic nitrogens is 1. The van der Waals surface area contributed by atoms with Crippen LogP contribution in [0.3, 0.4) is 0 Å². The first-order valence-corrected chi connectivity index (χ1v) is 8.63. The molecule has 0 atom stereocenters. The van der Waals surface area contributed by atoms with Gasteiger partial charge in [-0.2, -0.15) is 5.26 Å². The standard InChI is InChI=1S/C21H20N2O2/c22-12-15-2-1-3-17(10-15)20-13-23(18-6-8-25-9-7-18)21-11-16(14-24)4-5-19(20)21/h1-5,10-11,13,18,24H,6-9,14H2. The van der Waals surface area contributed by atoms with E-state index in [1.165, 1.54) is 0 Å². The lowest BCUT2D eigenvalue weighted by Crippen LogP contribution is -2.18. The molecule has 4 heteroatoms. The van der Waals surface area contributed by atoms with E-state index in [4.69, 9.17) is 4.74 Å². The minimum absolute atomic E-state index is 0.0359. The first kappa shape index (κ1) is 15.9. The third-order valence-corrected chi connectivity index (χ3v) is 4.97. The SMILES string of the molecule is N#Cc1cccc(-c2cn(C3CCOCC3)c3cc(CO)ccc23)c1. The molecule has 1 aliphatic rings. The van der Waals surface area contributed by atoms with Gasteiger partial charge in [0.2, 0.25) is 0 Å². The zero-order valence-electron chi connectivity index (χ0n) is 14.0. The van der Waals surface area contributed by atoms with Crippen molar-refractivity contribution in [2.45, 2.75) is 25.5 Å². The van der Waals surface area contributed by atoms with E-state index in [1.54, 1.807) is 0 Å². The molecule has 4 nitrogen and oxygen atoms in total. The van der Waals surface area contributed by atoms with Gasteiger partial charge in [0, 0.05) is 41.9 Å². The first-order chi connectivity index (χ1) is 12.3. The normalized spacial score (nSPS) is 15.4. The van der Waals surface area contributed by atoms with Crippen molar-refractivity contribution in [3.05, 3.63) is 59.8 Å².